The molecule has 3 heteroatoms. The Kier molecular flexibility index (Phi) is 2.31. The Bertz CT molecular complexity index is 218. The van der Waals surface area contributed by atoms with Crippen LogP contribution in [0.5, 0.6) is 0 Å². The Morgan fingerprint density at radius 2 is 2.45 bits per heavy atom. The van der Waals surface area contributed by atoms with Crippen LogP contribution in [0.1, 0.15) is 6.92 Å². The van der Waals surface area contributed by atoms with E-state index in [1.54, 1.807) is 6.20 Å². The zero-order valence-electron chi connectivity index (χ0n) is 6.70. The number of ether oxygens (including phenoxy) is 1. The molecule has 0 N–H and O–H groups in total. The highest BCUT2D eigenvalue weighted by Crippen LogP contribution is 2.06. The monoisotopic (exact) mass is 153 g/mol. The van der Waals surface area contributed by atoms with Crippen molar-refractivity contribution < 1.29 is 9.53 Å². The number of carbonyl (C=O) groups excluding carboxylic acids is 1. The van der Waals surface area contributed by atoms with E-state index >= 15 is 0 Å². The van der Waals surface area contributed by atoms with Gasteiger partial charge in [0, 0.05) is 12.7 Å². The van der Waals surface area contributed by atoms with Gasteiger partial charge in [0.05, 0.1) is 7.11 Å². The first kappa shape index (κ1) is 7.85. The second kappa shape index (κ2) is 3.23. The van der Waals surface area contributed by atoms with Crippen molar-refractivity contribution in [3.8, 4) is 0 Å². The summed E-state index contributed by atoms with van der Waals surface area (Å²) in [6.45, 7) is 2.60. The topological polar surface area (TPSA) is 29.5 Å². The average molecular weight is 153 g/mol. The van der Waals surface area contributed by atoms with Crippen molar-refractivity contribution in [2.24, 2.45) is 0 Å². The van der Waals surface area contributed by atoms with Crippen molar-refractivity contribution in [2.75, 3.05) is 13.7 Å². The summed E-state index contributed by atoms with van der Waals surface area (Å²) in [5.41, 5.74) is 1.15. The number of amides is 1. The molecule has 0 unspecified atom stereocenters. The molecule has 0 saturated carbocycles. The summed E-state index contributed by atoms with van der Waals surface area (Å²) in [6, 6.07) is 0. The second-order valence-corrected chi connectivity index (χ2v) is 2.45. The van der Waals surface area contributed by atoms with E-state index in [0.717, 1.165) is 5.57 Å². The van der Waals surface area contributed by atoms with Crippen LogP contribution in [0.2, 0.25) is 0 Å². The standard InChI is InChI=1S/C8H11NO2/c1-7-4-3-5-9(6-7)8(10)11-2/h3-5H,6H2,1-2H3. The Morgan fingerprint density at radius 3 is 3.00 bits per heavy atom. The fourth-order valence-electron chi connectivity index (χ4n) is 0.928. The highest BCUT2D eigenvalue weighted by molar-refractivity contribution is 5.69. The van der Waals surface area contributed by atoms with Crippen LogP contribution >= 0.6 is 0 Å². The molecule has 1 aliphatic heterocycles. The van der Waals surface area contributed by atoms with Gasteiger partial charge in [0.15, 0.2) is 0 Å². The van der Waals surface area contributed by atoms with Crippen molar-refractivity contribution in [1.29, 1.82) is 0 Å². The maximum absolute atomic E-state index is 10.9. The molecule has 1 amide bonds. The van der Waals surface area contributed by atoms with Crippen molar-refractivity contribution >= 4 is 6.09 Å². The fraction of sp³-hybridized carbons (Fsp3) is 0.375. The summed E-state index contributed by atoms with van der Waals surface area (Å²) < 4.78 is 4.55. The van der Waals surface area contributed by atoms with Gasteiger partial charge in [-0.2, -0.15) is 0 Å². The quantitative estimate of drug-likeness (QED) is 0.528. The molecule has 11 heavy (non-hydrogen) atoms. The lowest BCUT2D eigenvalue weighted by Crippen LogP contribution is -2.28. The largest absolute Gasteiger partial charge is 0.452 e. The third-order valence-electron chi connectivity index (χ3n) is 1.48. The molecule has 60 valence electrons. The van der Waals surface area contributed by atoms with Gasteiger partial charge in [-0.3, -0.25) is 4.90 Å². The number of carbonyl (C=O) groups is 1. The molecule has 0 atom stereocenters. The van der Waals surface area contributed by atoms with E-state index in [1.165, 1.54) is 12.0 Å². The Labute approximate surface area is 65.9 Å². The predicted octanol–water partition coefficient (Wildman–Crippen LogP) is 1.53. The van der Waals surface area contributed by atoms with E-state index in [4.69, 9.17) is 0 Å². The van der Waals surface area contributed by atoms with Crippen molar-refractivity contribution in [1.82, 2.24) is 4.90 Å². The first-order chi connectivity index (χ1) is 5.24. The molecule has 1 aliphatic rings. The van der Waals surface area contributed by atoms with Gasteiger partial charge in [0.1, 0.15) is 0 Å². The molecule has 1 rings (SSSR count). The van der Waals surface area contributed by atoms with E-state index in [9.17, 15) is 4.79 Å². The third-order valence-corrected chi connectivity index (χ3v) is 1.48. The molecule has 0 bridgehead atoms. The zero-order valence-corrected chi connectivity index (χ0v) is 6.70. The molecule has 3 nitrogen and oxygen atoms in total. The van der Waals surface area contributed by atoms with E-state index in [-0.39, 0.29) is 6.09 Å². The van der Waals surface area contributed by atoms with Crippen LogP contribution in [0.3, 0.4) is 0 Å². The number of allylic oxidation sites excluding steroid dienone is 2. The fourth-order valence-corrected chi connectivity index (χ4v) is 0.928. The van der Waals surface area contributed by atoms with Gasteiger partial charge in [0.2, 0.25) is 0 Å². The van der Waals surface area contributed by atoms with Crippen LogP contribution in [0.15, 0.2) is 23.9 Å². The summed E-state index contributed by atoms with van der Waals surface area (Å²) in [7, 11) is 1.38. The van der Waals surface area contributed by atoms with Crippen molar-refractivity contribution in [2.45, 2.75) is 6.92 Å². The van der Waals surface area contributed by atoms with Gasteiger partial charge >= 0.3 is 6.09 Å². The Hall–Kier alpha value is -1.25. The van der Waals surface area contributed by atoms with Crippen LogP contribution < -0.4 is 0 Å². The molecule has 0 radical (unpaired) electrons. The molecule has 0 fully saturated rings. The molecule has 0 saturated heterocycles. The van der Waals surface area contributed by atoms with E-state index in [1.807, 2.05) is 19.1 Å². The molecular weight excluding hydrogens is 142 g/mol. The summed E-state index contributed by atoms with van der Waals surface area (Å²) in [5, 5.41) is 0. The molecule has 0 aromatic heterocycles. The SMILES string of the molecule is COC(=O)N1C=CC=C(C)C1. The third kappa shape index (κ3) is 1.83. The van der Waals surface area contributed by atoms with Gasteiger partial charge in [-0.15, -0.1) is 0 Å². The van der Waals surface area contributed by atoms with Gasteiger partial charge in [-0.25, -0.2) is 4.79 Å². The molecule has 0 aromatic carbocycles. The smallest absolute Gasteiger partial charge is 0.413 e. The summed E-state index contributed by atoms with van der Waals surface area (Å²) >= 11 is 0. The number of hydrogen-bond acceptors (Lipinski definition) is 2. The minimum absolute atomic E-state index is 0.311. The number of rotatable bonds is 0. The number of nitrogens with zero attached hydrogens (tertiary/aromatic N) is 1. The number of hydrogen-bond donors (Lipinski definition) is 0. The maximum atomic E-state index is 10.9. The lowest BCUT2D eigenvalue weighted by atomic mass is 10.2. The Balaban J connectivity index is 2.59. The van der Waals surface area contributed by atoms with E-state index < -0.39 is 0 Å². The highest BCUT2D eigenvalue weighted by Gasteiger charge is 2.11. The normalized spacial score (nSPS) is 16.2. The van der Waals surface area contributed by atoms with Crippen LogP contribution in [0.25, 0.3) is 0 Å². The molecule has 0 spiro atoms. The van der Waals surface area contributed by atoms with Crippen LogP contribution in [-0.4, -0.2) is 24.6 Å². The van der Waals surface area contributed by atoms with E-state index in [0.29, 0.717) is 6.54 Å². The maximum Gasteiger partial charge on any atom is 0.413 e. The second-order valence-electron chi connectivity index (χ2n) is 2.45. The lowest BCUT2D eigenvalue weighted by Gasteiger charge is -2.19. The minimum atomic E-state index is -0.311. The molecule has 1 heterocycles. The average Bonchev–Trinajstić information content (AvgIpc) is 2.03. The first-order valence-corrected chi connectivity index (χ1v) is 3.42. The van der Waals surface area contributed by atoms with Crippen molar-refractivity contribution in [3.63, 3.8) is 0 Å². The van der Waals surface area contributed by atoms with Crippen LogP contribution in [-0.2, 0) is 4.74 Å². The van der Waals surface area contributed by atoms with Crippen molar-refractivity contribution in [3.05, 3.63) is 23.9 Å². The van der Waals surface area contributed by atoms with Gasteiger partial charge < -0.3 is 4.74 Å². The summed E-state index contributed by atoms with van der Waals surface area (Å²) in [4.78, 5) is 12.5. The lowest BCUT2D eigenvalue weighted by molar-refractivity contribution is 0.142. The molecular formula is C8H11NO2. The number of methoxy groups -OCH3 is 1. The Morgan fingerprint density at radius 1 is 1.73 bits per heavy atom. The van der Waals surface area contributed by atoms with Crippen LogP contribution in [0.4, 0.5) is 4.79 Å². The van der Waals surface area contributed by atoms with Gasteiger partial charge in [0.25, 0.3) is 0 Å². The van der Waals surface area contributed by atoms with E-state index in [2.05, 4.69) is 4.74 Å². The van der Waals surface area contributed by atoms with Gasteiger partial charge in [-0.1, -0.05) is 11.6 Å². The highest BCUT2D eigenvalue weighted by atomic mass is 16.5. The molecule has 0 aliphatic carbocycles. The summed E-state index contributed by atoms with van der Waals surface area (Å²) in [5.74, 6) is 0. The zero-order chi connectivity index (χ0) is 8.27. The predicted molar refractivity (Wildman–Crippen MR) is 42.0 cm³/mol. The van der Waals surface area contributed by atoms with Gasteiger partial charge in [-0.05, 0) is 13.0 Å². The molecule has 0 aromatic rings. The summed E-state index contributed by atoms with van der Waals surface area (Å²) in [6.07, 6.45) is 5.20. The van der Waals surface area contributed by atoms with Crippen LogP contribution in [0, 0.1) is 0 Å². The first-order valence-electron chi connectivity index (χ1n) is 3.42. The minimum Gasteiger partial charge on any atom is -0.452 e.